The molecule has 2 heterocycles. The highest BCUT2D eigenvalue weighted by molar-refractivity contribution is 7.99. The summed E-state index contributed by atoms with van der Waals surface area (Å²) in [6, 6.07) is 0.787. The molecule has 96 valence electrons. The predicted octanol–water partition coefficient (Wildman–Crippen LogP) is 0.873. The number of thioether (sulfide) groups is 1. The molecule has 1 fully saturated rings. The van der Waals surface area contributed by atoms with E-state index in [-0.39, 0.29) is 6.04 Å². The van der Waals surface area contributed by atoms with E-state index >= 15 is 0 Å². The minimum absolute atomic E-state index is 0.286. The van der Waals surface area contributed by atoms with Crippen LogP contribution in [0, 0.1) is 6.92 Å². The van der Waals surface area contributed by atoms with Crippen molar-refractivity contribution in [1.82, 2.24) is 15.3 Å². The van der Waals surface area contributed by atoms with Crippen molar-refractivity contribution in [3.63, 3.8) is 0 Å². The van der Waals surface area contributed by atoms with Crippen LogP contribution in [0.15, 0.2) is 5.38 Å². The molecule has 0 bridgehead atoms. The highest BCUT2D eigenvalue weighted by atomic mass is 32.2. The van der Waals surface area contributed by atoms with Gasteiger partial charge in [-0.3, -0.25) is 11.3 Å². The van der Waals surface area contributed by atoms with Crippen LogP contribution in [-0.2, 0) is 6.42 Å². The van der Waals surface area contributed by atoms with Crippen LogP contribution in [0.4, 0.5) is 0 Å². The maximum absolute atomic E-state index is 5.71. The van der Waals surface area contributed by atoms with Gasteiger partial charge in [0.25, 0.3) is 0 Å². The molecule has 1 aliphatic heterocycles. The van der Waals surface area contributed by atoms with Gasteiger partial charge in [0.15, 0.2) is 0 Å². The normalized spacial score (nSPS) is 23.8. The van der Waals surface area contributed by atoms with E-state index in [9.17, 15) is 0 Å². The smallest absolute Gasteiger partial charge is 0.0897 e. The highest BCUT2D eigenvalue weighted by Crippen LogP contribution is 2.20. The zero-order chi connectivity index (χ0) is 12.3. The number of nitrogens with two attached hydrogens (primary N) is 1. The van der Waals surface area contributed by atoms with Crippen LogP contribution in [-0.4, -0.2) is 47.1 Å². The Morgan fingerprint density at radius 2 is 2.53 bits per heavy atom. The van der Waals surface area contributed by atoms with Gasteiger partial charge in [0.05, 0.1) is 10.7 Å². The Bertz CT molecular complexity index is 355. The van der Waals surface area contributed by atoms with Crippen molar-refractivity contribution in [1.29, 1.82) is 0 Å². The summed E-state index contributed by atoms with van der Waals surface area (Å²) in [5.74, 6) is 8.08. The van der Waals surface area contributed by atoms with Gasteiger partial charge in [0, 0.05) is 41.9 Å². The first kappa shape index (κ1) is 13.3. The largest absolute Gasteiger partial charge is 0.300 e. The first-order valence-corrected chi connectivity index (χ1v) is 7.89. The second-order valence-electron chi connectivity index (χ2n) is 4.46. The summed E-state index contributed by atoms with van der Waals surface area (Å²) in [5.41, 5.74) is 4.12. The molecule has 4 nitrogen and oxygen atoms in total. The van der Waals surface area contributed by atoms with Crippen molar-refractivity contribution in [2.24, 2.45) is 5.84 Å². The molecule has 1 saturated heterocycles. The molecule has 0 spiro atoms. The Kier molecular flexibility index (Phi) is 4.81. The molecule has 17 heavy (non-hydrogen) atoms. The van der Waals surface area contributed by atoms with Crippen LogP contribution in [0.5, 0.6) is 0 Å². The molecule has 2 atom stereocenters. The van der Waals surface area contributed by atoms with Crippen molar-refractivity contribution in [3.8, 4) is 0 Å². The van der Waals surface area contributed by atoms with E-state index in [1.165, 1.54) is 5.75 Å². The van der Waals surface area contributed by atoms with Crippen LogP contribution in [0.1, 0.15) is 10.7 Å². The maximum atomic E-state index is 5.71. The van der Waals surface area contributed by atoms with Gasteiger partial charge < -0.3 is 4.90 Å². The molecular weight excluding hydrogens is 252 g/mol. The second-order valence-corrected chi connectivity index (χ2v) is 6.67. The molecule has 6 heteroatoms. The Morgan fingerprint density at radius 3 is 3.12 bits per heavy atom. The summed E-state index contributed by atoms with van der Waals surface area (Å²) in [6.45, 7) is 3.19. The number of aromatic nitrogens is 1. The number of rotatable bonds is 4. The molecule has 0 saturated carbocycles. The van der Waals surface area contributed by atoms with Gasteiger partial charge in [-0.05, 0) is 14.0 Å². The van der Waals surface area contributed by atoms with Gasteiger partial charge in [-0.15, -0.1) is 11.3 Å². The Morgan fingerprint density at radius 1 is 1.71 bits per heavy atom. The van der Waals surface area contributed by atoms with Crippen LogP contribution in [0.3, 0.4) is 0 Å². The van der Waals surface area contributed by atoms with E-state index in [1.807, 2.05) is 18.7 Å². The maximum Gasteiger partial charge on any atom is 0.0897 e. The number of hydrazine groups is 1. The van der Waals surface area contributed by atoms with E-state index < -0.39 is 0 Å². The minimum Gasteiger partial charge on any atom is -0.300 e. The molecule has 3 N–H and O–H groups in total. The lowest BCUT2D eigenvalue weighted by molar-refractivity contribution is 0.213. The molecule has 2 unspecified atom stereocenters. The van der Waals surface area contributed by atoms with Crippen LogP contribution in [0.2, 0.25) is 0 Å². The topological polar surface area (TPSA) is 54.2 Å². The summed E-state index contributed by atoms with van der Waals surface area (Å²) in [6.07, 6.45) is 0.913. The number of hydrogen-bond donors (Lipinski definition) is 2. The van der Waals surface area contributed by atoms with Crippen molar-refractivity contribution >= 4 is 23.1 Å². The molecule has 1 aliphatic rings. The van der Waals surface area contributed by atoms with E-state index in [0.29, 0.717) is 6.04 Å². The van der Waals surface area contributed by atoms with Gasteiger partial charge in [-0.2, -0.15) is 11.8 Å². The van der Waals surface area contributed by atoms with Crippen molar-refractivity contribution in [3.05, 3.63) is 16.1 Å². The molecular formula is C11H20N4S2. The van der Waals surface area contributed by atoms with Crippen molar-refractivity contribution in [2.75, 3.05) is 25.1 Å². The molecule has 0 aromatic carbocycles. The summed E-state index contributed by atoms with van der Waals surface area (Å²) in [7, 11) is 2.18. The zero-order valence-corrected chi connectivity index (χ0v) is 12.0. The van der Waals surface area contributed by atoms with Crippen LogP contribution >= 0.6 is 23.1 Å². The molecule has 1 aromatic rings. The molecule has 0 amide bonds. The van der Waals surface area contributed by atoms with Gasteiger partial charge in [-0.25, -0.2) is 4.98 Å². The fraction of sp³-hybridized carbons (Fsp3) is 0.727. The average Bonchev–Trinajstić information content (AvgIpc) is 2.73. The SMILES string of the molecule is Cc1nc(CC(NN)C2CSCCN2C)cs1. The zero-order valence-electron chi connectivity index (χ0n) is 10.3. The Balaban J connectivity index is 2.00. The average molecular weight is 272 g/mol. The van der Waals surface area contributed by atoms with Crippen LogP contribution in [0.25, 0.3) is 0 Å². The lowest BCUT2D eigenvalue weighted by atomic mass is 10.0. The van der Waals surface area contributed by atoms with Crippen molar-refractivity contribution in [2.45, 2.75) is 25.4 Å². The first-order chi connectivity index (χ1) is 8.20. The third kappa shape index (κ3) is 3.42. The van der Waals surface area contributed by atoms with Gasteiger partial charge in [-0.1, -0.05) is 0 Å². The third-order valence-electron chi connectivity index (χ3n) is 3.22. The summed E-state index contributed by atoms with van der Waals surface area (Å²) < 4.78 is 0. The van der Waals surface area contributed by atoms with Gasteiger partial charge in [0.2, 0.25) is 0 Å². The minimum atomic E-state index is 0.286. The van der Waals surface area contributed by atoms with E-state index in [0.717, 1.165) is 29.4 Å². The summed E-state index contributed by atoms with van der Waals surface area (Å²) >= 11 is 3.72. The standard InChI is InChI=1S/C11H20N4S2/c1-8-13-9(6-17-8)5-10(14-12)11-7-16-4-3-15(11)2/h6,10-11,14H,3-5,7,12H2,1-2H3. The van der Waals surface area contributed by atoms with E-state index in [2.05, 4.69) is 27.7 Å². The van der Waals surface area contributed by atoms with Crippen LogP contribution < -0.4 is 11.3 Å². The molecule has 2 rings (SSSR count). The van der Waals surface area contributed by atoms with Gasteiger partial charge >= 0.3 is 0 Å². The second kappa shape index (κ2) is 6.15. The highest BCUT2D eigenvalue weighted by Gasteiger charge is 2.27. The summed E-state index contributed by atoms with van der Waals surface area (Å²) in [4.78, 5) is 6.92. The lowest BCUT2D eigenvalue weighted by Crippen LogP contribution is -2.55. The Hall–Kier alpha value is -0.140. The number of nitrogens with one attached hydrogen (secondary N) is 1. The van der Waals surface area contributed by atoms with E-state index in [1.54, 1.807) is 11.3 Å². The number of aryl methyl sites for hydroxylation is 1. The fourth-order valence-electron chi connectivity index (χ4n) is 2.16. The number of nitrogens with zero attached hydrogens (tertiary/aromatic N) is 2. The summed E-state index contributed by atoms with van der Waals surface area (Å²) in [5, 5.41) is 3.26. The first-order valence-electron chi connectivity index (χ1n) is 5.86. The predicted molar refractivity (Wildman–Crippen MR) is 75.4 cm³/mol. The number of hydrogen-bond acceptors (Lipinski definition) is 6. The quantitative estimate of drug-likeness (QED) is 0.629. The Labute approximate surface area is 111 Å². The lowest BCUT2D eigenvalue weighted by Gasteiger charge is -2.37. The van der Waals surface area contributed by atoms with Crippen molar-refractivity contribution < 1.29 is 0 Å². The fourth-order valence-corrected chi connectivity index (χ4v) is 4.10. The van der Waals surface area contributed by atoms with E-state index in [4.69, 9.17) is 5.84 Å². The van der Waals surface area contributed by atoms with Gasteiger partial charge in [0.1, 0.15) is 0 Å². The molecule has 0 radical (unpaired) electrons. The molecule has 1 aromatic heterocycles. The molecule has 0 aliphatic carbocycles. The monoisotopic (exact) mass is 272 g/mol. The third-order valence-corrected chi connectivity index (χ3v) is 5.09. The number of thiazole rings is 1. The number of likely N-dealkylation sites (N-methyl/N-ethyl adjacent to an activating group) is 1.